The summed E-state index contributed by atoms with van der Waals surface area (Å²) in [6.45, 7) is 6.57. The fourth-order valence-corrected chi connectivity index (χ4v) is 3.48. The average Bonchev–Trinajstić information content (AvgIpc) is 2.38. The molecule has 102 valence electrons. The van der Waals surface area contributed by atoms with Crippen molar-refractivity contribution in [3.8, 4) is 0 Å². The molecular formula is C14H19N3O2. The second kappa shape index (κ2) is 4.49. The second-order valence-electron chi connectivity index (χ2n) is 5.76. The zero-order valence-electron chi connectivity index (χ0n) is 11.3. The lowest BCUT2D eigenvalue weighted by Gasteiger charge is -2.58. The van der Waals surface area contributed by atoms with Gasteiger partial charge >= 0.3 is 0 Å². The predicted molar refractivity (Wildman–Crippen MR) is 74.5 cm³/mol. The number of nitrogens with zero attached hydrogens (tertiary/aromatic N) is 3. The van der Waals surface area contributed by atoms with E-state index in [9.17, 15) is 10.1 Å². The molecule has 3 aliphatic heterocycles. The molecule has 0 spiro atoms. The maximum absolute atomic E-state index is 10.7. The van der Waals surface area contributed by atoms with E-state index in [0.29, 0.717) is 18.1 Å². The third kappa shape index (κ3) is 2.08. The number of non-ortho nitro benzene ring substituents is 1. The topological polar surface area (TPSA) is 49.6 Å². The molecule has 0 radical (unpaired) electrons. The highest BCUT2D eigenvalue weighted by molar-refractivity contribution is 5.52. The third-order valence-electron chi connectivity index (χ3n) is 4.27. The Morgan fingerprint density at radius 1 is 1.21 bits per heavy atom. The van der Waals surface area contributed by atoms with E-state index in [1.54, 1.807) is 12.1 Å². The van der Waals surface area contributed by atoms with Gasteiger partial charge in [-0.3, -0.25) is 15.0 Å². The van der Waals surface area contributed by atoms with Crippen molar-refractivity contribution < 1.29 is 4.92 Å². The van der Waals surface area contributed by atoms with Gasteiger partial charge in [0.15, 0.2) is 0 Å². The minimum atomic E-state index is -0.349. The van der Waals surface area contributed by atoms with E-state index in [2.05, 4.69) is 23.6 Å². The Labute approximate surface area is 113 Å². The van der Waals surface area contributed by atoms with Crippen LogP contribution in [0.15, 0.2) is 24.3 Å². The quantitative estimate of drug-likeness (QED) is 0.618. The van der Waals surface area contributed by atoms with Gasteiger partial charge in [-0.15, -0.1) is 0 Å². The Morgan fingerprint density at radius 3 is 2.26 bits per heavy atom. The number of nitro benzene ring substituents is 1. The van der Waals surface area contributed by atoms with Crippen molar-refractivity contribution in [1.82, 2.24) is 4.90 Å². The second-order valence-corrected chi connectivity index (χ2v) is 5.76. The van der Waals surface area contributed by atoms with Gasteiger partial charge in [0.2, 0.25) is 0 Å². The molecule has 19 heavy (non-hydrogen) atoms. The van der Waals surface area contributed by atoms with Crippen molar-refractivity contribution in [3.05, 3.63) is 34.4 Å². The smallest absolute Gasteiger partial charge is 0.269 e. The molecule has 3 saturated heterocycles. The molecule has 2 atom stereocenters. The van der Waals surface area contributed by atoms with Crippen LogP contribution in [-0.2, 0) is 0 Å². The summed E-state index contributed by atoms with van der Waals surface area (Å²) in [6, 6.07) is 8.82. The molecule has 0 aromatic heterocycles. The van der Waals surface area contributed by atoms with Gasteiger partial charge in [-0.05, 0) is 32.4 Å². The Balaban J connectivity index is 1.71. The molecule has 0 N–H and O–H groups in total. The summed E-state index contributed by atoms with van der Waals surface area (Å²) in [4.78, 5) is 15.2. The number of hydrogen-bond donors (Lipinski definition) is 0. The Kier molecular flexibility index (Phi) is 2.93. The lowest BCUT2D eigenvalue weighted by Crippen LogP contribution is -2.70. The normalized spacial score (nSPS) is 26.4. The van der Waals surface area contributed by atoms with Crippen LogP contribution >= 0.6 is 0 Å². The first-order valence-electron chi connectivity index (χ1n) is 6.83. The molecular weight excluding hydrogens is 242 g/mol. The molecule has 5 nitrogen and oxygen atoms in total. The third-order valence-corrected chi connectivity index (χ3v) is 4.27. The van der Waals surface area contributed by atoms with Gasteiger partial charge in [-0.1, -0.05) is 0 Å². The fourth-order valence-electron chi connectivity index (χ4n) is 3.48. The van der Waals surface area contributed by atoms with Crippen LogP contribution in [-0.4, -0.2) is 41.0 Å². The van der Waals surface area contributed by atoms with Crippen LogP contribution in [0, 0.1) is 10.1 Å². The maximum Gasteiger partial charge on any atom is 0.269 e. The lowest BCUT2D eigenvalue weighted by molar-refractivity contribution is -0.384. The van der Waals surface area contributed by atoms with E-state index in [1.165, 1.54) is 6.42 Å². The average molecular weight is 261 g/mol. The largest absolute Gasteiger partial charge is 0.368 e. The highest BCUT2D eigenvalue weighted by Crippen LogP contribution is 2.36. The number of piperidine rings is 1. The van der Waals surface area contributed by atoms with Crippen LogP contribution in [0.2, 0.25) is 0 Å². The predicted octanol–water partition coefficient (Wildman–Crippen LogP) is 2.27. The number of hydrogen-bond acceptors (Lipinski definition) is 4. The SMILES string of the molecule is CC(C)N1C2CC1CN(c1ccc([N+](=O)[O-])cc1)C2. The zero-order chi connectivity index (χ0) is 13.6. The summed E-state index contributed by atoms with van der Waals surface area (Å²) in [7, 11) is 0. The van der Waals surface area contributed by atoms with Gasteiger partial charge in [0, 0.05) is 49.0 Å². The van der Waals surface area contributed by atoms with Gasteiger partial charge in [0.25, 0.3) is 5.69 Å². The molecule has 5 heteroatoms. The summed E-state index contributed by atoms with van der Waals surface area (Å²) >= 11 is 0. The summed E-state index contributed by atoms with van der Waals surface area (Å²) in [5, 5.41) is 10.7. The molecule has 0 aliphatic carbocycles. The van der Waals surface area contributed by atoms with E-state index in [4.69, 9.17) is 0 Å². The van der Waals surface area contributed by atoms with E-state index >= 15 is 0 Å². The lowest BCUT2D eigenvalue weighted by atomic mass is 9.85. The van der Waals surface area contributed by atoms with E-state index in [1.807, 2.05) is 12.1 Å². The maximum atomic E-state index is 10.7. The molecule has 2 unspecified atom stereocenters. The van der Waals surface area contributed by atoms with Gasteiger partial charge in [-0.25, -0.2) is 0 Å². The van der Waals surface area contributed by atoms with Gasteiger partial charge in [0.1, 0.15) is 0 Å². The Morgan fingerprint density at radius 2 is 1.79 bits per heavy atom. The van der Waals surface area contributed by atoms with Crippen LogP contribution in [0.1, 0.15) is 20.3 Å². The highest BCUT2D eigenvalue weighted by atomic mass is 16.6. The van der Waals surface area contributed by atoms with Crippen molar-refractivity contribution in [2.45, 2.75) is 38.4 Å². The minimum Gasteiger partial charge on any atom is -0.368 e. The summed E-state index contributed by atoms with van der Waals surface area (Å²) < 4.78 is 0. The Bertz CT molecular complexity index is 474. The van der Waals surface area contributed by atoms with Crippen molar-refractivity contribution in [1.29, 1.82) is 0 Å². The van der Waals surface area contributed by atoms with E-state index < -0.39 is 0 Å². The number of fused-ring (bicyclic) bond motifs is 2. The first-order valence-corrected chi connectivity index (χ1v) is 6.83. The van der Waals surface area contributed by atoms with Gasteiger partial charge < -0.3 is 4.90 Å². The summed E-state index contributed by atoms with van der Waals surface area (Å²) in [5.41, 5.74) is 1.26. The number of piperazine rings is 1. The number of nitro groups is 1. The van der Waals surface area contributed by atoms with Crippen molar-refractivity contribution in [2.24, 2.45) is 0 Å². The van der Waals surface area contributed by atoms with Crippen LogP contribution in [0.3, 0.4) is 0 Å². The number of benzene rings is 1. The molecule has 0 saturated carbocycles. The number of anilines is 1. The molecule has 1 aromatic rings. The first-order chi connectivity index (χ1) is 9.06. The summed E-state index contributed by atoms with van der Waals surface area (Å²) in [5.74, 6) is 0. The van der Waals surface area contributed by atoms with Crippen molar-refractivity contribution >= 4 is 11.4 Å². The van der Waals surface area contributed by atoms with Crippen LogP contribution in [0.4, 0.5) is 11.4 Å². The molecule has 3 aliphatic rings. The molecule has 4 rings (SSSR count). The molecule has 3 heterocycles. The molecule has 2 bridgehead atoms. The first kappa shape index (κ1) is 12.4. The van der Waals surface area contributed by atoms with Crippen LogP contribution in [0.25, 0.3) is 0 Å². The fraction of sp³-hybridized carbons (Fsp3) is 0.571. The van der Waals surface area contributed by atoms with Crippen LogP contribution in [0.5, 0.6) is 0 Å². The van der Waals surface area contributed by atoms with Gasteiger partial charge in [-0.2, -0.15) is 0 Å². The monoisotopic (exact) mass is 261 g/mol. The standard InChI is InChI=1S/C14H19N3O2/c1-10(2)16-13-7-14(16)9-15(8-13)11-3-5-12(6-4-11)17(18)19/h3-6,10,13-14H,7-9H2,1-2H3. The summed E-state index contributed by atoms with van der Waals surface area (Å²) in [6.07, 6.45) is 1.29. The van der Waals surface area contributed by atoms with E-state index in [0.717, 1.165) is 18.8 Å². The molecule has 3 fully saturated rings. The molecule has 1 aromatic carbocycles. The highest BCUT2D eigenvalue weighted by Gasteiger charge is 2.45. The van der Waals surface area contributed by atoms with Crippen LogP contribution < -0.4 is 4.90 Å². The zero-order valence-corrected chi connectivity index (χ0v) is 11.3. The molecule has 0 amide bonds. The van der Waals surface area contributed by atoms with E-state index in [-0.39, 0.29) is 10.6 Å². The van der Waals surface area contributed by atoms with Gasteiger partial charge in [0.05, 0.1) is 4.92 Å². The Hall–Kier alpha value is -1.62. The van der Waals surface area contributed by atoms with Crippen molar-refractivity contribution in [2.75, 3.05) is 18.0 Å². The number of rotatable bonds is 3. The van der Waals surface area contributed by atoms with Crippen molar-refractivity contribution in [3.63, 3.8) is 0 Å². The minimum absolute atomic E-state index is 0.162.